The van der Waals surface area contributed by atoms with Crippen LogP contribution in [-0.4, -0.2) is 0 Å². The molecule has 1 N–H and O–H groups in total. The number of rotatable bonds is 2. The first-order valence-corrected chi connectivity index (χ1v) is 5.60. The Bertz CT molecular complexity index is 500. The van der Waals surface area contributed by atoms with Crippen LogP contribution in [0.1, 0.15) is 5.56 Å². The second-order valence-electron chi connectivity index (χ2n) is 2.94. The van der Waals surface area contributed by atoms with Gasteiger partial charge in [0.25, 0.3) is 0 Å². The van der Waals surface area contributed by atoms with Gasteiger partial charge in [-0.3, -0.25) is 0 Å². The lowest BCUT2D eigenvalue weighted by Crippen LogP contribution is -1.88. The maximum atomic E-state index is 8.71. The summed E-state index contributed by atoms with van der Waals surface area (Å²) in [5, 5.41) is 16.4. The molecule has 0 aliphatic carbocycles. The summed E-state index contributed by atoms with van der Waals surface area (Å²) in [5.41, 5.74) is 2.41. The first-order chi connectivity index (χ1) is 7.29. The van der Waals surface area contributed by atoms with Gasteiger partial charge in [0, 0.05) is 16.8 Å². The minimum Gasteiger partial charge on any atom is -0.355 e. The fourth-order valence-corrected chi connectivity index (χ4v) is 2.00. The normalized spacial score (nSPS) is 9.60. The van der Waals surface area contributed by atoms with Gasteiger partial charge in [-0.15, -0.1) is 0 Å². The molecule has 0 atom stereocenters. The van der Waals surface area contributed by atoms with Crippen molar-refractivity contribution in [1.82, 2.24) is 0 Å². The number of halogens is 1. The molecule has 4 heteroatoms. The summed E-state index contributed by atoms with van der Waals surface area (Å²) >= 11 is 7.53. The van der Waals surface area contributed by atoms with Crippen molar-refractivity contribution < 1.29 is 0 Å². The number of nitriles is 1. The van der Waals surface area contributed by atoms with E-state index in [9.17, 15) is 0 Å². The lowest BCUT2D eigenvalue weighted by atomic mass is 10.2. The average molecular weight is 235 g/mol. The highest BCUT2D eigenvalue weighted by molar-refractivity contribution is 7.08. The van der Waals surface area contributed by atoms with Crippen LogP contribution in [-0.2, 0) is 0 Å². The maximum absolute atomic E-state index is 8.71. The molecule has 74 valence electrons. The predicted molar refractivity (Wildman–Crippen MR) is 63.8 cm³/mol. The van der Waals surface area contributed by atoms with E-state index < -0.39 is 0 Å². The third-order valence-electron chi connectivity index (χ3n) is 1.90. The second-order valence-corrected chi connectivity index (χ2v) is 4.13. The van der Waals surface area contributed by atoms with Gasteiger partial charge < -0.3 is 5.32 Å². The van der Waals surface area contributed by atoms with Crippen molar-refractivity contribution in [2.24, 2.45) is 0 Å². The number of hydrogen-bond donors (Lipinski definition) is 1. The molecule has 1 aromatic carbocycles. The van der Waals surface area contributed by atoms with Gasteiger partial charge in [0.15, 0.2) is 0 Å². The Morgan fingerprint density at radius 1 is 1.27 bits per heavy atom. The van der Waals surface area contributed by atoms with Gasteiger partial charge in [-0.25, -0.2) is 0 Å². The zero-order chi connectivity index (χ0) is 10.7. The molecule has 0 saturated heterocycles. The third kappa shape index (κ3) is 2.30. The Kier molecular flexibility index (Phi) is 2.91. The second kappa shape index (κ2) is 4.35. The monoisotopic (exact) mass is 234 g/mol. The lowest BCUT2D eigenvalue weighted by molar-refractivity contribution is 1.48. The van der Waals surface area contributed by atoms with Crippen molar-refractivity contribution in [1.29, 1.82) is 5.26 Å². The molecule has 2 nitrogen and oxygen atoms in total. The Morgan fingerprint density at radius 2 is 2.13 bits per heavy atom. The molecule has 0 unspecified atom stereocenters. The summed E-state index contributed by atoms with van der Waals surface area (Å²) in [6.45, 7) is 0. The Morgan fingerprint density at radius 3 is 2.73 bits per heavy atom. The largest absolute Gasteiger partial charge is 0.355 e. The van der Waals surface area contributed by atoms with Gasteiger partial charge in [0.1, 0.15) is 6.07 Å². The van der Waals surface area contributed by atoms with Crippen molar-refractivity contribution in [3.63, 3.8) is 0 Å². The summed E-state index contributed by atoms with van der Waals surface area (Å²) < 4.78 is 0. The first-order valence-electron chi connectivity index (χ1n) is 4.28. The first kappa shape index (κ1) is 10.0. The summed E-state index contributed by atoms with van der Waals surface area (Å²) in [6, 6.07) is 9.30. The lowest BCUT2D eigenvalue weighted by Gasteiger charge is -2.04. The van der Waals surface area contributed by atoms with Crippen molar-refractivity contribution in [2.75, 3.05) is 5.32 Å². The Balaban J connectivity index is 2.24. The summed E-state index contributed by atoms with van der Waals surface area (Å²) in [6.07, 6.45) is 0. The van der Waals surface area contributed by atoms with E-state index in [1.54, 1.807) is 23.5 Å². The van der Waals surface area contributed by atoms with E-state index in [2.05, 4.69) is 5.32 Å². The van der Waals surface area contributed by atoms with E-state index in [1.807, 2.05) is 29.0 Å². The standard InChI is InChI=1S/C11H7ClN2S/c12-11-5-9(2-1-8(11)6-13)14-10-3-4-15-7-10/h1-5,7,14H. The van der Waals surface area contributed by atoms with Crippen molar-refractivity contribution >= 4 is 34.3 Å². The maximum Gasteiger partial charge on any atom is 0.101 e. The molecule has 0 saturated carbocycles. The highest BCUT2D eigenvalue weighted by Gasteiger charge is 2.01. The zero-order valence-corrected chi connectivity index (χ0v) is 9.27. The van der Waals surface area contributed by atoms with Gasteiger partial charge in [-0.05, 0) is 29.6 Å². The van der Waals surface area contributed by atoms with Crippen LogP contribution in [0.2, 0.25) is 5.02 Å². The van der Waals surface area contributed by atoms with Crippen molar-refractivity contribution in [2.45, 2.75) is 0 Å². The molecule has 2 aromatic rings. The summed E-state index contributed by atoms with van der Waals surface area (Å²) in [5.74, 6) is 0. The van der Waals surface area contributed by atoms with E-state index >= 15 is 0 Å². The van der Waals surface area contributed by atoms with Crippen LogP contribution in [0.3, 0.4) is 0 Å². The molecule has 0 aliphatic rings. The number of anilines is 2. The number of thiophene rings is 1. The topological polar surface area (TPSA) is 35.8 Å². The van der Waals surface area contributed by atoms with E-state index in [0.29, 0.717) is 10.6 Å². The van der Waals surface area contributed by atoms with Gasteiger partial charge in [-0.2, -0.15) is 16.6 Å². The number of benzene rings is 1. The number of hydrogen-bond acceptors (Lipinski definition) is 3. The van der Waals surface area contributed by atoms with E-state index in [0.717, 1.165) is 11.4 Å². The summed E-state index contributed by atoms with van der Waals surface area (Å²) in [7, 11) is 0. The molecule has 0 aliphatic heterocycles. The van der Waals surface area contributed by atoms with E-state index in [1.165, 1.54) is 0 Å². The van der Waals surface area contributed by atoms with Crippen LogP contribution >= 0.6 is 22.9 Å². The highest BCUT2D eigenvalue weighted by atomic mass is 35.5. The van der Waals surface area contributed by atoms with Crippen LogP contribution in [0, 0.1) is 11.3 Å². The fraction of sp³-hybridized carbons (Fsp3) is 0. The van der Waals surface area contributed by atoms with E-state index in [4.69, 9.17) is 16.9 Å². The Hall–Kier alpha value is -1.50. The van der Waals surface area contributed by atoms with Crippen LogP contribution in [0.5, 0.6) is 0 Å². The van der Waals surface area contributed by atoms with Crippen molar-refractivity contribution in [3.05, 3.63) is 45.6 Å². The average Bonchev–Trinajstić information content (AvgIpc) is 2.71. The molecule has 2 rings (SSSR count). The quantitative estimate of drug-likeness (QED) is 0.852. The van der Waals surface area contributed by atoms with Crippen molar-refractivity contribution in [3.8, 4) is 6.07 Å². The molecule has 0 bridgehead atoms. The van der Waals surface area contributed by atoms with Crippen LogP contribution in [0.25, 0.3) is 0 Å². The molecular weight excluding hydrogens is 228 g/mol. The van der Waals surface area contributed by atoms with Crippen LogP contribution < -0.4 is 5.32 Å². The number of nitrogens with one attached hydrogen (secondary N) is 1. The molecule has 0 fully saturated rings. The third-order valence-corrected chi connectivity index (χ3v) is 2.90. The highest BCUT2D eigenvalue weighted by Crippen LogP contribution is 2.24. The molecule has 1 heterocycles. The molecule has 0 spiro atoms. The van der Waals surface area contributed by atoms with Gasteiger partial charge in [-0.1, -0.05) is 11.6 Å². The molecule has 1 aromatic heterocycles. The Labute approximate surface area is 96.7 Å². The summed E-state index contributed by atoms with van der Waals surface area (Å²) in [4.78, 5) is 0. The van der Waals surface area contributed by atoms with E-state index in [-0.39, 0.29) is 0 Å². The number of nitrogens with zero attached hydrogens (tertiary/aromatic N) is 1. The van der Waals surface area contributed by atoms with Crippen LogP contribution in [0.15, 0.2) is 35.0 Å². The zero-order valence-electron chi connectivity index (χ0n) is 7.70. The minimum atomic E-state index is 0.470. The molecule has 15 heavy (non-hydrogen) atoms. The fourth-order valence-electron chi connectivity index (χ4n) is 1.19. The van der Waals surface area contributed by atoms with Gasteiger partial charge >= 0.3 is 0 Å². The van der Waals surface area contributed by atoms with Gasteiger partial charge in [0.2, 0.25) is 0 Å². The van der Waals surface area contributed by atoms with Gasteiger partial charge in [0.05, 0.1) is 10.6 Å². The molecular formula is C11H7ClN2S. The smallest absolute Gasteiger partial charge is 0.101 e. The predicted octanol–water partition coefficient (Wildman–Crippen LogP) is 4.02. The van der Waals surface area contributed by atoms with Crippen LogP contribution in [0.4, 0.5) is 11.4 Å². The SMILES string of the molecule is N#Cc1ccc(Nc2ccsc2)cc1Cl. The molecule has 0 amide bonds. The minimum absolute atomic E-state index is 0.470. The molecule has 0 radical (unpaired) electrons.